The van der Waals surface area contributed by atoms with Crippen LogP contribution in [0.2, 0.25) is 15.1 Å². The van der Waals surface area contributed by atoms with Gasteiger partial charge in [-0.3, -0.25) is 24.7 Å². The number of thiocarbonyl (C=S) groups is 1. The van der Waals surface area contributed by atoms with E-state index in [1.807, 2.05) is 30.3 Å². The normalized spacial score (nSPS) is 15.2. The first-order valence-corrected chi connectivity index (χ1v) is 12.3. The Morgan fingerprint density at radius 2 is 1.64 bits per heavy atom. The Hall–Kier alpha value is -3.17. The SMILES string of the molecule is O=C(CC1C(=O)N(Cc2ccccc2)C(=S)N1NC(=O)c1ccc(Cl)cc1Cl)Nc1cccc(Cl)c1. The predicted molar refractivity (Wildman–Crippen MR) is 144 cm³/mol. The molecule has 1 heterocycles. The third-order valence-corrected chi connectivity index (χ3v) is 6.57. The number of benzene rings is 3. The molecule has 0 saturated carbocycles. The first-order chi connectivity index (χ1) is 17.2. The molecule has 3 amide bonds. The van der Waals surface area contributed by atoms with E-state index in [-0.39, 0.29) is 28.7 Å². The molecule has 7 nitrogen and oxygen atoms in total. The van der Waals surface area contributed by atoms with Crippen LogP contribution in [0.1, 0.15) is 22.3 Å². The van der Waals surface area contributed by atoms with Crippen LogP contribution < -0.4 is 10.7 Å². The topological polar surface area (TPSA) is 81.8 Å². The number of hydrogen-bond acceptors (Lipinski definition) is 4. The van der Waals surface area contributed by atoms with Crippen LogP contribution in [0.15, 0.2) is 72.8 Å². The van der Waals surface area contributed by atoms with Gasteiger partial charge in [-0.2, -0.15) is 0 Å². The van der Waals surface area contributed by atoms with E-state index < -0.39 is 23.8 Å². The molecule has 3 aromatic carbocycles. The largest absolute Gasteiger partial charge is 0.326 e. The second-order valence-corrected chi connectivity index (χ2v) is 9.55. The Morgan fingerprint density at radius 1 is 0.917 bits per heavy atom. The molecule has 0 bridgehead atoms. The Balaban J connectivity index is 1.58. The molecule has 0 spiro atoms. The molecule has 1 atom stereocenters. The van der Waals surface area contributed by atoms with Gasteiger partial charge in [0.2, 0.25) is 5.91 Å². The van der Waals surface area contributed by atoms with Crippen molar-refractivity contribution in [3.8, 4) is 0 Å². The van der Waals surface area contributed by atoms with Gasteiger partial charge in [0.25, 0.3) is 11.8 Å². The van der Waals surface area contributed by atoms with E-state index in [1.54, 1.807) is 24.3 Å². The molecule has 4 rings (SSSR count). The fourth-order valence-corrected chi connectivity index (χ4v) is 4.67. The number of carbonyl (C=O) groups excluding carboxylic acids is 3. The van der Waals surface area contributed by atoms with Crippen molar-refractivity contribution in [2.24, 2.45) is 0 Å². The average Bonchev–Trinajstić information content (AvgIpc) is 3.03. The van der Waals surface area contributed by atoms with Crippen LogP contribution in [0.5, 0.6) is 0 Å². The fourth-order valence-electron chi connectivity index (χ4n) is 3.66. The molecule has 0 aliphatic carbocycles. The molecule has 1 unspecified atom stereocenters. The van der Waals surface area contributed by atoms with Gasteiger partial charge in [-0.25, -0.2) is 5.01 Å². The van der Waals surface area contributed by atoms with Crippen LogP contribution in [0.25, 0.3) is 0 Å². The highest BCUT2D eigenvalue weighted by atomic mass is 35.5. The van der Waals surface area contributed by atoms with Gasteiger partial charge in [0.15, 0.2) is 5.11 Å². The monoisotopic (exact) mass is 560 g/mol. The number of nitrogens with one attached hydrogen (secondary N) is 2. The summed E-state index contributed by atoms with van der Waals surface area (Å²) in [5.74, 6) is -1.48. The van der Waals surface area contributed by atoms with E-state index >= 15 is 0 Å². The summed E-state index contributed by atoms with van der Waals surface area (Å²) >= 11 is 23.7. The Morgan fingerprint density at radius 3 is 2.33 bits per heavy atom. The third kappa shape index (κ3) is 5.96. The standard InChI is InChI=1S/C25H19Cl3N4O3S/c26-16-7-4-8-18(11-16)29-22(33)13-21-24(35)31(14-15-5-2-1-3-6-15)25(36)32(21)30-23(34)19-10-9-17(27)12-20(19)28/h1-12,21H,13-14H2,(H,29,33)(H,30,34). The molecule has 184 valence electrons. The van der Waals surface area contributed by atoms with Gasteiger partial charge in [0.05, 0.1) is 23.6 Å². The maximum Gasteiger partial charge on any atom is 0.271 e. The van der Waals surface area contributed by atoms with Crippen molar-refractivity contribution in [2.45, 2.75) is 19.0 Å². The zero-order chi connectivity index (χ0) is 25.8. The van der Waals surface area contributed by atoms with Gasteiger partial charge < -0.3 is 5.32 Å². The maximum atomic E-state index is 13.4. The number of hydrazine groups is 1. The molecule has 0 aromatic heterocycles. The number of rotatable bonds is 7. The highest BCUT2D eigenvalue weighted by Crippen LogP contribution is 2.25. The molecule has 1 saturated heterocycles. The molecular formula is C25H19Cl3N4O3S. The highest BCUT2D eigenvalue weighted by Gasteiger charge is 2.44. The van der Waals surface area contributed by atoms with Crippen molar-refractivity contribution in [2.75, 3.05) is 5.32 Å². The maximum absolute atomic E-state index is 13.4. The number of halogens is 3. The third-order valence-electron chi connectivity index (χ3n) is 5.37. The first kappa shape index (κ1) is 25.9. The molecule has 1 aliphatic heterocycles. The number of amides is 3. The number of nitrogens with zero attached hydrogens (tertiary/aromatic N) is 2. The molecule has 11 heteroatoms. The van der Waals surface area contributed by atoms with Crippen molar-refractivity contribution in [1.82, 2.24) is 15.3 Å². The van der Waals surface area contributed by atoms with E-state index in [0.717, 1.165) is 5.56 Å². The van der Waals surface area contributed by atoms with Crippen molar-refractivity contribution in [3.05, 3.63) is 99.0 Å². The summed E-state index contributed by atoms with van der Waals surface area (Å²) in [6.07, 6.45) is -0.272. The smallest absolute Gasteiger partial charge is 0.271 e. The fraction of sp³-hybridized carbons (Fsp3) is 0.120. The quantitative estimate of drug-likeness (QED) is 0.382. The second-order valence-electron chi connectivity index (χ2n) is 7.91. The number of hydrogen-bond donors (Lipinski definition) is 2. The Bertz CT molecular complexity index is 1340. The van der Waals surface area contributed by atoms with Crippen LogP contribution in [0, 0.1) is 0 Å². The molecular weight excluding hydrogens is 543 g/mol. The van der Waals surface area contributed by atoms with E-state index in [2.05, 4.69) is 10.7 Å². The summed E-state index contributed by atoms with van der Waals surface area (Å²) in [6, 6.07) is 19.2. The molecule has 36 heavy (non-hydrogen) atoms. The molecule has 1 fully saturated rings. The summed E-state index contributed by atoms with van der Waals surface area (Å²) in [6.45, 7) is 0.180. The summed E-state index contributed by atoms with van der Waals surface area (Å²) in [7, 11) is 0. The van der Waals surface area contributed by atoms with Crippen LogP contribution >= 0.6 is 47.0 Å². The molecule has 2 N–H and O–H groups in total. The summed E-state index contributed by atoms with van der Waals surface area (Å²) in [5, 5.41) is 4.96. The van der Waals surface area contributed by atoms with Crippen LogP contribution in [-0.2, 0) is 16.1 Å². The Labute approximate surface area is 227 Å². The van der Waals surface area contributed by atoms with Crippen molar-refractivity contribution in [1.29, 1.82) is 0 Å². The van der Waals surface area contributed by atoms with E-state index in [1.165, 1.54) is 28.1 Å². The zero-order valence-electron chi connectivity index (χ0n) is 18.6. The summed E-state index contributed by atoms with van der Waals surface area (Å²) < 4.78 is 0. The minimum absolute atomic E-state index is 0.0582. The second kappa shape index (κ2) is 11.3. The molecule has 1 aliphatic rings. The van der Waals surface area contributed by atoms with Crippen LogP contribution in [-0.4, -0.2) is 38.8 Å². The van der Waals surface area contributed by atoms with Gasteiger partial charge in [0.1, 0.15) is 6.04 Å². The van der Waals surface area contributed by atoms with Gasteiger partial charge in [0, 0.05) is 15.7 Å². The van der Waals surface area contributed by atoms with E-state index in [4.69, 9.17) is 47.0 Å². The van der Waals surface area contributed by atoms with Crippen molar-refractivity contribution < 1.29 is 14.4 Å². The average molecular weight is 562 g/mol. The first-order valence-electron chi connectivity index (χ1n) is 10.7. The van der Waals surface area contributed by atoms with Crippen LogP contribution in [0.3, 0.4) is 0 Å². The van der Waals surface area contributed by atoms with E-state index in [0.29, 0.717) is 15.7 Å². The molecule has 3 aromatic rings. The number of carbonyl (C=O) groups is 3. The lowest BCUT2D eigenvalue weighted by Gasteiger charge is -2.24. The van der Waals surface area contributed by atoms with E-state index in [9.17, 15) is 14.4 Å². The van der Waals surface area contributed by atoms with Gasteiger partial charge in [-0.15, -0.1) is 0 Å². The minimum atomic E-state index is -1.07. The highest BCUT2D eigenvalue weighted by molar-refractivity contribution is 7.80. The van der Waals surface area contributed by atoms with Gasteiger partial charge in [-0.1, -0.05) is 71.2 Å². The summed E-state index contributed by atoms with van der Waals surface area (Å²) in [5.41, 5.74) is 4.10. The lowest BCUT2D eigenvalue weighted by atomic mass is 10.1. The van der Waals surface area contributed by atoms with Crippen molar-refractivity contribution >= 4 is 75.5 Å². The summed E-state index contributed by atoms with van der Waals surface area (Å²) in [4.78, 5) is 40.6. The van der Waals surface area contributed by atoms with Crippen molar-refractivity contribution in [3.63, 3.8) is 0 Å². The Kier molecular flexibility index (Phi) is 8.11. The zero-order valence-corrected chi connectivity index (χ0v) is 21.7. The number of anilines is 1. The van der Waals surface area contributed by atoms with Crippen LogP contribution in [0.4, 0.5) is 5.69 Å². The lowest BCUT2D eigenvalue weighted by molar-refractivity contribution is -0.131. The van der Waals surface area contributed by atoms with Gasteiger partial charge >= 0.3 is 0 Å². The molecule has 0 radical (unpaired) electrons. The lowest BCUT2D eigenvalue weighted by Crippen LogP contribution is -2.49. The predicted octanol–water partition coefficient (Wildman–Crippen LogP) is 5.32. The van der Waals surface area contributed by atoms with Gasteiger partial charge in [-0.05, 0) is 54.2 Å². The minimum Gasteiger partial charge on any atom is -0.326 e.